The van der Waals surface area contributed by atoms with Crippen molar-refractivity contribution in [2.45, 2.75) is 50.5 Å². The fraction of sp³-hybridized carbons (Fsp3) is 0.355. The van der Waals surface area contributed by atoms with Crippen molar-refractivity contribution in [1.82, 2.24) is 4.90 Å². The van der Waals surface area contributed by atoms with Crippen LogP contribution in [0.3, 0.4) is 0 Å². The molecule has 184 valence electrons. The van der Waals surface area contributed by atoms with Crippen molar-refractivity contribution in [2.75, 3.05) is 19.8 Å². The van der Waals surface area contributed by atoms with Gasteiger partial charge in [0.05, 0.1) is 6.67 Å². The molecule has 5 rings (SSSR count). The molecule has 1 aliphatic heterocycles. The average molecular weight is 492 g/mol. The van der Waals surface area contributed by atoms with E-state index in [4.69, 9.17) is 0 Å². The third-order valence-corrected chi connectivity index (χ3v) is 7.40. The van der Waals surface area contributed by atoms with E-state index in [-0.39, 0.29) is 24.8 Å². The molecule has 4 heteroatoms. The number of hydrogen-bond donors (Lipinski definition) is 1. The molecule has 3 aromatic rings. The zero-order valence-corrected chi connectivity index (χ0v) is 21.0. The first-order chi connectivity index (χ1) is 16.7. The molecule has 1 heterocycles. The molecule has 1 saturated carbocycles. The summed E-state index contributed by atoms with van der Waals surface area (Å²) in [5.41, 5.74) is 7.00. The van der Waals surface area contributed by atoms with Gasteiger partial charge in [0, 0.05) is 6.04 Å². The molecule has 2 nitrogen and oxygen atoms in total. The number of likely N-dealkylation sites (tertiary alicyclic amines) is 1. The zero-order valence-electron chi connectivity index (χ0n) is 20.2. The van der Waals surface area contributed by atoms with Crippen LogP contribution < -0.4 is 0 Å². The van der Waals surface area contributed by atoms with Crippen LogP contribution in [0.15, 0.2) is 78.9 Å². The highest BCUT2D eigenvalue weighted by Gasteiger charge is 2.32. The fourth-order valence-electron chi connectivity index (χ4n) is 5.40. The Morgan fingerprint density at radius 1 is 0.771 bits per heavy atom. The Hall–Kier alpha value is -2.62. The highest BCUT2D eigenvalue weighted by molar-refractivity contribution is 5.98. The van der Waals surface area contributed by atoms with Gasteiger partial charge >= 0.3 is 0 Å². The van der Waals surface area contributed by atoms with Crippen LogP contribution in [0.1, 0.15) is 66.7 Å². The maximum Gasteiger partial charge on any atom is 0.115 e. The Balaban J connectivity index is 0.00000289. The monoisotopic (exact) mass is 491 g/mol. The Morgan fingerprint density at radius 3 is 1.94 bits per heavy atom. The molecular weight excluding hydrogens is 457 g/mol. The molecule has 0 aromatic heterocycles. The molecule has 0 spiro atoms. The van der Waals surface area contributed by atoms with Gasteiger partial charge in [-0.15, -0.1) is 12.4 Å². The SMILES string of the molecule is Cl.Oc1ccc(/C(=C(\CCCF)c2ccccc2)c2ccc(C3CCN(C4CC4)CC3)cc2)cc1. The van der Waals surface area contributed by atoms with Gasteiger partial charge in [0.25, 0.3) is 0 Å². The van der Waals surface area contributed by atoms with Crippen LogP contribution in [0.2, 0.25) is 0 Å². The van der Waals surface area contributed by atoms with Crippen molar-refractivity contribution >= 4 is 23.6 Å². The topological polar surface area (TPSA) is 23.5 Å². The number of allylic oxidation sites excluding steroid dienone is 1. The Kier molecular flexibility index (Phi) is 8.64. The first-order valence-corrected chi connectivity index (χ1v) is 12.7. The summed E-state index contributed by atoms with van der Waals surface area (Å²) in [4.78, 5) is 2.67. The Labute approximate surface area is 214 Å². The molecule has 35 heavy (non-hydrogen) atoms. The molecule has 0 amide bonds. The Bertz CT molecular complexity index is 1100. The van der Waals surface area contributed by atoms with Gasteiger partial charge in [-0.25, -0.2) is 0 Å². The highest BCUT2D eigenvalue weighted by Crippen LogP contribution is 2.38. The number of rotatable bonds is 8. The van der Waals surface area contributed by atoms with Gasteiger partial charge in [0.2, 0.25) is 0 Å². The number of aromatic hydroxyl groups is 1. The van der Waals surface area contributed by atoms with E-state index >= 15 is 0 Å². The van der Waals surface area contributed by atoms with Crippen molar-refractivity contribution in [1.29, 1.82) is 0 Å². The molecule has 0 radical (unpaired) electrons. The van der Waals surface area contributed by atoms with E-state index in [1.807, 2.05) is 30.3 Å². The number of hydrogen-bond acceptors (Lipinski definition) is 2. The highest BCUT2D eigenvalue weighted by atomic mass is 35.5. The van der Waals surface area contributed by atoms with Gasteiger partial charge in [-0.3, -0.25) is 4.39 Å². The molecule has 1 aliphatic carbocycles. The van der Waals surface area contributed by atoms with E-state index in [1.54, 1.807) is 12.1 Å². The summed E-state index contributed by atoms with van der Waals surface area (Å²) >= 11 is 0. The number of phenolic OH excluding ortho intramolecular Hbond substituents is 1. The van der Waals surface area contributed by atoms with E-state index in [2.05, 4.69) is 41.3 Å². The van der Waals surface area contributed by atoms with Crippen molar-refractivity contribution in [2.24, 2.45) is 0 Å². The summed E-state index contributed by atoms with van der Waals surface area (Å²) in [6.45, 7) is 2.10. The summed E-state index contributed by atoms with van der Waals surface area (Å²) in [6, 6.07) is 27.6. The van der Waals surface area contributed by atoms with Crippen molar-refractivity contribution in [3.05, 3.63) is 101 Å². The maximum absolute atomic E-state index is 13.3. The molecule has 0 atom stereocenters. The second-order valence-electron chi connectivity index (χ2n) is 9.72. The smallest absolute Gasteiger partial charge is 0.115 e. The minimum Gasteiger partial charge on any atom is -0.508 e. The molecule has 0 bridgehead atoms. The van der Waals surface area contributed by atoms with E-state index in [0.29, 0.717) is 18.8 Å². The molecular formula is C31H35ClFNO. The first kappa shape index (κ1) is 25.5. The zero-order chi connectivity index (χ0) is 23.3. The molecule has 2 aliphatic rings. The lowest BCUT2D eigenvalue weighted by molar-refractivity contribution is 0.203. The predicted octanol–water partition coefficient (Wildman–Crippen LogP) is 7.86. The van der Waals surface area contributed by atoms with Crippen molar-refractivity contribution < 1.29 is 9.50 Å². The lowest BCUT2D eigenvalue weighted by atomic mass is 9.85. The molecule has 3 aromatic carbocycles. The number of piperidine rings is 1. The standard InChI is InChI=1S/C31H34FNO.ClH/c32-20-4-7-30(25-5-2-1-3-6-25)31(27-12-16-29(34)17-13-27)26-10-8-23(9-11-26)24-18-21-33(22-19-24)28-14-15-28;/h1-3,5-6,8-13,16-17,24,28,34H,4,7,14-15,18-22H2;1H/b31-30+;. The van der Waals surface area contributed by atoms with Crippen molar-refractivity contribution in [3.63, 3.8) is 0 Å². The summed E-state index contributed by atoms with van der Waals surface area (Å²) < 4.78 is 13.3. The molecule has 0 unspecified atom stereocenters. The average Bonchev–Trinajstić information content (AvgIpc) is 3.74. The van der Waals surface area contributed by atoms with Crippen LogP contribution in [0.4, 0.5) is 4.39 Å². The van der Waals surface area contributed by atoms with Gasteiger partial charge in [-0.2, -0.15) is 0 Å². The van der Waals surface area contributed by atoms with E-state index in [9.17, 15) is 9.50 Å². The quantitative estimate of drug-likeness (QED) is 0.324. The summed E-state index contributed by atoms with van der Waals surface area (Å²) in [6.07, 6.45) is 6.40. The van der Waals surface area contributed by atoms with Gasteiger partial charge in [0.15, 0.2) is 0 Å². The van der Waals surface area contributed by atoms with Gasteiger partial charge in [0.1, 0.15) is 5.75 Å². The lowest BCUT2D eigenvalue weighted by Gasteiger charge is -2.32. The fourth-order valence-corrected chi connectivity index (χ4v) is 5.40. The Morgan fingerprint density at radius 2 is 1.37 bits per heavy atom. The van der Waals surface area contributed by atoms with Crippen LogP contribution in [0.5, 0.6) is 5.75 Å². The summed E-state index contributed by atoms with van der Waals surface area (Å²) in [7, 11) is 0. The number of alkyl halides is 1. The largest absolute Gasteiger partial charge is 0.508 e. The molecule has 2 fully saturated rings. The van der Waals surface area contributed by atoms with Crippen LogP contribution in [0.25, 0.3) is 11.1 Å². The maximum atomic E-state index is 13.3. The minimum atomic E-state index is -0.336. The van der Waals surface area contributed by atoms with E-state index in [0.717, 1.165) is 33.9 Å². The normalized spacial score (nSPS) is 17.5. The lowest BCUT2D eigenvalue weighted by Crippen LogP contribution is -2.34. The van der Waals surface area contributed by atoms with Gasteiger partial charge < -0.3 is 10.0 Å². The number of phenols is 1. The van der Waals surface area contributed by atoms with Crippen LogP contribution >= 0.6 is 12.4 Å². The molecule has 1 saturated heterocycles. The van der Waals surface area contributed by atoms with Gasteiger partial charge in [-0.05, 0) is 103 Å². The van der Waals surface area contributed by atoms with Gasteiger partial charge in [-0.1, -0.05) is 66.7 Å². The molecule has 1 N–H and O–H groups in total. The predicted molar refractivity (Wildman–Crippen MR) is 146 cm³/mol. The van der Waals surface area contributed by atoms with Crippen LogP contribution in [-0.2, 0) is 0 Å². The van der Waals surface area contributed by atoms with E-state index < -0.39 is 0 Å². The number of nitrogens with zero attached hydrogens (tertiary/aromatic N) is 1. The van der Waals surface area contributed by atoms with Crippen LogP contribution in [-0.4, -0.2) is 35.8 Å². The third-order valence-electron chi connectivity index (χ3n) is 7.40. The van der Waals surface area contributed by atoms with Crippen LogP contribution in [0, 0.1) is 0 Å². The van der Waals surface area contributed by atoms with E-state index in [1.165, 1.54) is 44.3 Å². The summed E-state index contributed by atoms with van der Waals surface area (Å²) in [5, 5.41) is 9.87. The second kappa shape index (κ2) is 11.9. The first-order valence-electron chi connectivity index (χ1n) is 12.7. The minimum absolute atomic E-state index is 0. The number of halogens is 2. The number of benzene rings is 3. The third kappa shape index (κ3) is 6.15. The summed E-state index contributed by atoms with van der Waals surface area (Å²) in [5.74, 6) is 0.881. The van der Waals surface area contributed by atoms with Crippen molar-refractivity contribution in [3.8, 4) is 5.75 Å². The second-order valence-corrected chi connectivity index (χ2v) is 9.72.